The number of rotatable bonds is 4. The molecule has 1 amide bonds. The summed E-state index contributed by atoms with van der Waals surface area (Å²) in [6.45, 7) is 0.163. The van der Waals surface area contributed by atoms with Gasteiger partial charge < -0.3 is 20.2 Å². The molecule has 3 rings (SSSR count). The number of likely N-dealkylation sites (tertiary alicyclic amines) is 1. The molecule has 7 heteroatoms. The second kappa shape index (κ2) is 6.72. The number of carbonyl (C=O) groups excluding carboxylic acids is 1. The van der Waals surface area contributed by atoms with E-state index >= 15 is 0 Å². The highest BCUT2D eigenvalue weighted by Crippen LogP contribution is 2.37. The average molecular weight is 351 g/mol. The summed E-state index contributed by atoms with van der Waals surface area (Å²) in [4.78, 5) is 26.0. The van der Waals surface area contributed by atoms with Crippen LogP contribution in [-0.4, -0.2) is 57.4 Å². The van der Waals surface area contributed by atoms with E-state index in [0.717, 1.165) is 0 Å². The molecule has 1 heterocycles. The maximum absolute atomic E-state index is 13.4. The number of hydrogen-bond donors (Lipinski definition) is 3. The lowest BCUT2D eigenvalue weighted by molar-refractivity contribution is -0.168. The van der Waals surface area contributed by atoms with Crippen LogP contribution in [0, 0.1) is 17.2 Å². The van der Waals surface area contributed by atoms with E-state index in [1.165, 1.54) is 23.1 Å². The van der Waals surface area contributed by atoms with Crippen molar-refractivity contribution in [2.24, 2.45) is 11.3 Å². The number of carboxylic acid groups (broad SMARTS) is 1. The van der Waals surface area contributed by atoms with Gasteiger partial charge in [-0.25, -0.2) is 4.39 Å². The first-order valence-corrected chi connectivity index (χ1v) is 8.44. The Balaban J connectivity index is 1.82. The van der Waals surface area contributed by atoms with E-state index in [1.54, 1.807) is 6.07 Å². The maximum Gasteiger partial charge on any atom is 0.314 e. The lowest BCUT2D eigenvalue weighted by atomic mass is 9.72. The average Bonchev–Trinajstić information content (AvgIpc) is 2.53. The summed E-state index contributed by atoms with van der Waals surface area (Å²) < 4.78 is 13.4. The second-order valence-electron chi connectivity index (χ2n) is 7.15. The molecule has 2 fully saturated rings. The van der Waals surface area contributed by atoms with E-state index in [-0.39, 0.29) is 37.8 Å². The van der Waals surface area contributed by atoms with Gasteiger partial charge in [-0.1, -0.05) is 12.1 Å². The van der Waals surface area contributed by atoms with Crippen LogP contribution in [-0.2, 0) is 16.0 Å². The van der Waals surface area contributed by atoms with Crippen LogP contribution in [0.2, 0.25) is 0 Å². The van der Waals surface area contributed by atoms with Crippen molar-refractivity contribution in [3.63, 3.8) is 0 Å². The quantitative estimate of drug-likeness (QED) is 0.745. The number of piperidine rings is 1. The Bertz CT molecular complexity index is 675. The molecule has 1 aliphatic heterocycles. The first kappa shape index (κ1) is 17.8. The Morgan fingerprint density at radius 3 is 2.60 bits per heavy atom. The number of aliphatic hydroxyl groups is 2. The summed E-state index contributed by atoms with van der Waals surface area (Å²) in [5.74, 6) is -2.14. The third-order valence-electron chi connectivity index (χ3n) is 5.39. The van der Waals surface area contributed by atoms with Crippen molar-refractivity contribution in [1.29, 1.82) is 0 Å². The van der Waals surface area contributed by atoms with Crippen LogP contribution >= 0.6 is 0 Å². The summed E-state index contributed by atoms with van der Waals surface area (Å²) in [6.07, 6.45) is -0.713. The minimum atomic E-state index is -1.57. The third kappa shape index (κ3) is 3.39. The lowest BCUT2D eigenvalue weighted by Gasteiger charge is -2.45. The van der Waals surface area contributed by atoms with Gasteiger partial charge in [-0.3, -0.25) is 9.59 Å². The Hall–Kier alpha value is -1.99. The minimum absolute atomic E-state index is 0.0572. The molecule has 0 spiro atoms. The van der Waals surface area contributed by atoms with Gasteiger partial charge in [-0.05, 0) is 43.4 Å². The highest BCUT2D eigenvalue weighted by Gasteiger charge is 2.51. The van der Waals surface area contributed by atoms with Crippen molar-refractivity contribution in [3.8, 4) is 0 Å². The van der Waals surface area contributed by atoms with Gasteiger partial charge in [-0.2, -0.15) is 0 Å². The van der Waals surface area contributed by atoms with Gasteiger partial charge in [0.1, 0.15) is 11.2 Å². The number of benzene rings is 1. The van der Waals surface area contributed by atoms with E-state index in [0.29, 0.717) is 18.4 Å². The highest BCUT2D eigenvalue weighted by atomic mass is 19.1. The number of carboxylic acids is 1. The molecule has 0 aromatic heterocycles. The van der Waals surface area contributed by atoms with E-state index in [4.69, 9.17) is 0 Å². The van der Waals surface area contributed by atoms with Crippen LogP contribution in [0.3, 0.4) is 0 Å². The summed E-state index contributed by atoms with van der Waals surface area (Å²) in [6, 6.07) is 5.63. The standard InChI is InChI=1S/C18H22FNO5/c19-13-3-1-2-11(6-13)9-18(17(24)25)10-20(5-4-15(18)22)16(23)12-7-14(21)8-12/h1-3,6,12,14-15,21-22H,4-5,7-10H2,(H,24,25)/t12?,14?,15-,18+/m0/s1. The number of hydrogen-bond acceptors (Lipinski definition) is 4. The Morgan fingerprint density at radius 2 is 2.00 bits per heavy atom. The van der Waals surface area contributed by atoms with Crippen molar-refractivity contribution in [1.82, 2.24) is 4.90 Å². The van der Waals surface area contributed by atoms with E-state index in [2.05, 4.69) is 0 Å². The zero-order chi connectivity index (χ0) is 18.2. The molecule has 2 atom stereocenters. The van der Waals surface area contributed by atoms with Crippen molar-refractivity contribution < 1.29 is 29.3 Å². The van der Waals surface area contributed by atoms with Crippen molar-refractivity contribution in [2.75, 3.05) is 13.1 Å². The fourth-order valence-electron chi connectivity index (χ4n) is 3.79. The van der Waals surface area contributed by atoms with E-state index < -0.39 is 29.4 Å². The van der Waals surface area contributed by atoms with Crippen LogP contribution in [0.1, 0.15) is 24.8 Å². The Morgan fingerprint density at radius 1 is 1.28 bits per heavy atom. The minimum Gasteiger partial charge on any atom is -0.481 e. The molecule has 2 aliphatic rings. The number of aliphatic carboxylic acids is 1. The van der Waals surface area contributed by atoms with Gasteiger partial charge in [-0.15, -0.1) is 0 Å². The smallest absolute Gasteiger partial charge is 0.314 e. The molecular weight excluding hydrogens is 329 g/mol. The predicted molar refractivity (Wildman–Crippen MR) is 86.1 cm³/mol. The zero-order valence-corrected chi connectivity index (χ0v) is 13.8. The van der Waals surface area contributed by atoms with Crippen molar-refractivity contribution >= 4 is 11.9 Å². The van der Waals surface area contributed by atoms with Crippen LogP contribution < -0.4 is 0 Å². The summed E-state index contributed by atoms with van der Waals surface area (Å²) in [5.41, 5.74) is -1.10. The van der Waals surface area contributed by atoms with Gasteiger partial charge in [0, 0.05) is 19.0 Å². The summed E-state index contributed by atoms with van der Waals surface area (Å²) in [7, 11) is 0. The molecule has 0 bridgehead atoms. The van der Waals surface area contributed by atoms with Gasteiger partial charge in [0.05, 0.1) is 12.2 Å². The number of carbonyl (C=O) groups is 2. The zero-order valence-electron chi connectivity index (χ0n) is 13.8. The third-order valence-corrected chi connectivity index (χ3v) is 5.39. The monoisotopic (exact) mass is 351 g/mol. The van der Waals surface area contributed by atoms with E-state index in [9.17, 15) is 29.3 Å². The molecule has 25 heavy (non-hydrogen) atoms. The fraction of sp³-hybridized carbons (Fsp3) is 0.556. The first-order chi connectivity index (χ1) is 11.8. The van der Waals surface area contributed by atoms with Gasteiger partial charge >= 0.3 is 5.97 Å². The first-order valence-electron chi connectivity index (χ1n) is 8.44. The van der Waals surface area contributed by atoms with Crippen LogP contribution in [0.15, 0.2) is 24.3 Å². The molecule has 1 saturated carbocycles. The molecule has 0 radical (unpaired) electrons. The normalized spacial score (nSPS) is 32.1. The number of amides is 1. The van der Waals surface area contributed by atoms with Crippen LogP contribution in [0.25, 0.3) is 0 Å². The van der Waals surface area contributed by atoms with Gasteiger partial charge in [0.2, 0.25) is 5.91 Å². The van der Waals surface area contributed by atoms with Gasteiger partial charge in [0.15, 0.2) is 0 Å². The fourth-order valence-corrected chi connectivity index (χ4v) is 3.79. The molecule has 1 aromatic rings. The second-order valence-corrected chi connectivity index (χ2v) is 7.15. The van der Waals surface area contributed by atoms with Crippen molar-refractivity contribution in [3.05, 3.63) is 35.6 Å². The van der Waals surface area contributed by atoms with E-state index in [1.807, 2.05) is 0 Å². The lowest BCUT2D eigenvalue weighted by Crippen LogP contribution is -2.59. The Labute approximate surface area is 144 Å². The topological polar surface area (TPSA) is 98.1 Å². The molecule has 6 nitrogen and oxygen atoms in total. The largest absolute Gasteiger partial charge is 0.481 e. The molecule has 3 N–H and O–H groups in total. The van der Waals surface area contributed by atoms with Crippen LogP contribution in [0.4, 0.5) is 4.39 Å². The SMILES string of the molecule is O=C(C1CC(O)C1)N1CC[C@H](O)[C@](Cc2cccc(F)c2)(C(=O)O)C1. The Kier molecular flexibility index (Phi) is 4.79. The number of halogens is 1. The molecule has 1 saturated heterocycles. The van der Waals surface area contributed by atoms with Gasteiger partial charge in [0.25, 0.3) is 0 Å². The highest BCUT2D eigenvalue weighted by molar-refractivity contribution is 5.82. The molecule has 136 valence electrons. The molecule has 1 aromatic carbocycles. The molecule has 1 aliphatic carbocycles. The number of nitrogens with zero attached hydrogens (tertiary/aromatic N) is 1. The number of aliphatic hydroxyl groups excluding tert-OH is 2. The van der Waals surface area contributed by atoms with Crippen molar-refractivity contribution in [2.45, 2.75) is 37.9 Å². The maximum atomic E-state index is 13.4. The molecular formula is C18H22FNO5. The van der Waals surface area contributed by atoms with Crippen LogP contribution in [0.5, 0.6) is 0 Å². The summed E-state index contributed by atoms with van der Waals surface area (Å²) >= 11 is 0. The molecule has 0 unspecified atom stereocenters. The summed E-state index contributed by atoms with van der Waals surface area (Å²) in [5, 5.41) is 29.6. The predicted octanol–water partition coefficient (Wildman–Crippen LogP) is 0.803.